The van der Waals surface area contributed by atoms with E-state index in [2.05, 4.69) is 31.2 Å². The third-order valence-corrected chi connectivity index (χ3v) is 8.71. The van der Waals surface area contributed by atoms with E-state index in [1.807, 2.05) is 12.1 Å². The molecule has 1 saturated carbocycles. The molecule has 0 atom stereocenters. The van der Waals surface area contributed by atoms with Crippen LogP contribution in [-0.2, 0) is 9.53 Å². The zero-order chi connectivity index (χ0) is 18.7. The lowest BCUT2D eigenvalue weighted by Crippen LogP contribution is -2.35. The van der Waals surface area contributed by atoms with Gasteiger partial charge in [-0.2, -0.15) is 0 Å². The summed E-state index contributed by atoms with van der Waals surface area (Å²) in [5.74, 6) is 3.21. The van der Waals surface area contributed by atoms with Gasteiger partial charge in [-0.05, 0) is 79.4 Å². The van der Waals surface area contributed by atoms with Gasteiger partial charge in [-0.25, -0.2) is 15.7 Å². The minimum absolute atomic E-state index is 0.0201. The van der Waals surface area contributed by atoms with Gasteiger partial charge in [-0.1, -0.05) is 30.7 Å². The number of ether oxygens (including phenoxy) is 2. The second-order valence-electron chi connectivity index (χ2n) is 8.10. The van der Waals surface area contributed by atoms with Crippen LogP contribution in [-0.4, -0.2) is 29.7 Å². The Morgan fingerprint density at radius 3 is 2.41 bits per heavy atom. The van der Waals surface area contributed by atoms with Crippen molar-refractivity contribution >= 4 is 27.6 Å². The van der Waals surface area contributed by atoms with Crippen LogP contribution in [0.25, 0.3) is 10.8 Å². The third kappa shape index (κ3) is 4.26. The number of benzene rings is 2. The van der Waals surface area contributed by atoms with E-state index in [1.54, 1.807) is 0 Å². The number of hydrogen-bond donors (Lipinski definition) is 1. The average molecular weight is 387 g/mol. The molecule has 0 radical (unpaired) electrons. The van der Waals surface area contributed by atoms with Crippen molar-refractivity contribution in [2.75, 3.05) is 18.1 Å². The zero-order valence-electron chi connectivity index (χ0n) is 16.2. The van der Waals surface area contributed by atoms with Crippen LogP contribution in [0.15, 0.2) is 41.3 Å². The predicted octanol–water partition coefficient (Wildman–Crippen LogP) is 5.64. The van der Waals surface area contributed by atoms with Crippen molar-refractivity contribution in [2.45, 2.75) is 62.4 Å². The highest BCUT2D eigenvalue weighted by atomic mass is 32.2. The van der Waals surface area contributed by atoms with Crippen molar-refractivity contribution in [3.63, 3.8) is 0 Å². The van der Waals surface area contributed by atoms with Crippen LogP contribution in [0, 0.1) is 0 Å². The van der Waals surface area contributed by atoms with Crippen molar-refractivity contribution in [3.8, 4) is 5.75 Å². The standard InChI is InChI=1S/C23H30O3S/c1-23(13-5-2-6-14-23)26-22(24)17-25-20-11-12-21(27-15-7-8-16-27)19-10-4-3-9-18(19)20/h3-4,9-12,27H,2,5-8,13-17H2,1H3. The molecule has 0 N–H and O–H groups in total. The highest BCUT2D eigenvalue weighted by Gasteiger charge is 2.30. The highest BCUT2D eigenvalue weighted by Crippen LogP contribution is 2.47. The molecule has 4 rings (SSSR count). The van der Waals surface area contributed by atoms with Crippen molar-refractivity contribution in [3.05, 3.63) is 36.4 Å². The van der Waals surface area contributed by atoms with Crippen LogP contribution in [0.1, 0.15) is 51.9 Å². The van der Waals surface area contributed by atoms with E-state index in [1.165, 1.54) is 41.0 Å². The Morgan fingerprint density at radius 2 is 1.67 bits per heavy atom. The largest absolute Gasteiger partial charge is 0.481 e. The number of rotatable bonds is 5. The molecule has 0 bridgehead atoms. The molecular weight excluding hydrogens is 356 g/mol. The fourth-order valence-corrected chi connectivity index (χ4v) is 7.19. The summed E-state index contributed by atoms with van der Waals surface area (Å²) >= 11 is 0. The van der Waals surface area contributed by atoms with Crippen molar-refractivity contribution < 1.29 is 14.3 Å². The summed E-state index contributed by atoms with van der Waals surface area (Å²) in [6.45, 7) is 2.03. The Kier molecular flexibility index (Phi) is 5.63. The molecule has 146 valence electrons. The number of esters is 1. The molecule has 2 aromatic carbocycles. The molecule has 2 aliphatic rings. The Morgan fingerprint density at radius 1 is 0.963 bits per heavy atom. The Hall–Kier alpha value is -1.68. The van der Waals surface area contributed by atoms with Gasteiger partial charge in [0.05, 0.1) is 0 Å². The SMILES string of the molecule is CC1(OC(=O)COc2ccc([SH]3CCCC3)c3ccccc23)CCCCC1. The smallest absolute Gasteiger partial charge is 0.344 e. The van der Waals surface area contributed by atoms with Gasteiger partial charge in [-0.3, -0.25) is 0 Å². The molecule has 1 aliphatic carbocycles. The lowest BCUT2D eigenvalue weighted by atomic mass is 9.86. The molecule has 0 unspecified atom stereocenters. The maximum absolute atomic E-state index is 12.4. The quantitative estimate of drug-likeness (QED) is 0.534. The molecule has 0 amide bonds. The van der Waals surface area contributed by atoms with Crippen molar-refractivity contribution in [2.24, 2.45) is 0 Å². The van der Waals surface area contributed by atoms with Crippen LogP contribution >= 0.6 is 10.9 Å². The van der Waals surface area contributed by atoms with Gasteiger partial charge >= 0.3 is 5.97 Å². The second kappa shape index (κ2) is 8.14. The van der Waals surface area contributed by atoms with Crippen LogP contribution < -0.4 is 4.74 Å². The van der Waals surface area contributed by atoms with E-state index in [0.29, 0.717) is 0 Å². The van der Waals surface area contributed by atoms with Crippen LogP contribution in [0.3, 0.4) is 0 Å². The van der Waals surface area contributed by atoms with E-state index < -0.39 is 0 Å². The maximum atomic E-state index is 12.4. The lowest BCUT2D eigenvalue weighted by molar-refractivity contribution is -0.163. The highest BCUT2D eigenvalue weighted by molar-refractivity contribution is 8.17. The third-order valence-electron chi connectivity index (χ3n) is 5.92. The first-order valence-electron chi connectivity index (χ1n) is 10.3. The molecule has 27 heavy (non-hydrogen) atoms. The van der Waals surface area contributed by atoms with Gasteiger partial charge in [0.1, 0.15) is 11.4 Å². The van der Waals surface area contributed by atoms with Crippen molar-refractivity contribution in [1.29, 1.82) is 0 Å². The molecular formula is C23H30O3S. The van der Waals surface area contributed by atoms with E-state index in [4.69, 9.17) is 9.47 Å². The summed E-state index contributed by atoms with van der Waals surface area (Å²) in [5, 5.41) is 2.40. The second-order valence-corrected chi connectivity index (χ2v) is 10.6. The number of fused-ring (bicyclic) bond motifs is 1. The number of hydrogen-bond acceptors (Lipinski definition) is 3. The molecule has 0 aromatic heterocycles. The van der Waals surface area contributed by atoms with E-state index in [9.17, 15) is 4.79 Å². The molecule has 4 heteroatoms. The van der Waals surface area contributed by atoms with Crippen LogP contribution in [0.4, 0.5) is 0 Å². The first-order chi connectivity index (χ1) is 13.1. The molecule has 1 heterocycles. The normalized spacial score (nSPS) is 20.6. The minimum atomic E-state index is -0.310. The van der Waals surface area contributed by atoms with E-state index in [0.717, 1.165) is 36.8 Å². The van der Waals surface area contributed by atoms with Crippen molar-refractivity contribution in [1.82, 2.24) is 0 Å². The fraction of sp³-hybridized carbons (Fsp3) is 0.522. The van der Waals surface area contributed by atoms with Gasteiger partial charge in [0, 0.05) is 5.39 Å². The summed E-state index contributed by atoms with van der Waals surface area (Å²) in [6.07, 6.45) is 8.13. The molecule has 3 nitrogen and oxygen atoms in total. The van der Waals surface area contributed by atoms with E-state index >= 15 is 0 Å². The molecule has 2 aromatic rings. The minimum Gasteiger partial charge on any atom is -0.481 e. The number of thiol groups is 1. The van der Waals surface area contributed by atoms with E-state index in [-0.39, 0.29) is 29.1 Å². The molecule has 2 fully saturated rings. The molecule has 1 aliphatic heterocycles. The zero-order valence-corrected chi connectivity index (χ0v) is 17.1. The number of carbonyl (C=O) groups is 1. The Labute approximate surface area is 164 Å². The predicted molar refractivity (Wildman–Crippen MR) is 113 cm³/mol. The maximum Gasteiger partial charge on any atom is 0.344 e. The first-order valence-corrected chi connectivity index (χ1v) is 12.0. The monoisotopic (exact) mass is 386 g/mol. The summed E-state index contributed by atoms with van der Waals surface area (Å²) in [6, 6.07) is 12.7. The van der Waals surface area contributed by atoms with Gasteiger partial charge < -0.3 is 9.47 Å². The van der Waals surface area contributed by atoms with Gasteiger partial charge in [-0.15, -0.1) is 0 Å². The summed E-state index contributed by atoms with van der Waals surface area (Å²) in [5.41, 5.74) is -0.310. The molecule has 0 spiro atoms. The number of carbonyl (C=O) groups excluding carboxylic acids is 1. The summed E-state index contributed by atoms with van der Waals surface area (Å²) in [4.78, 5) is 13.8. The summed E-state index contributed by atoms with van der Waals surface area (Å²) < 4.78 is 11.7. The van der Waals surface area contributed by atoms with Crippen LogP contribution in [0.2, 0.25) is 0 Å². The van der Waals surface area contributed by atoms with Gasteiger partial charge in [0.25, 0.3) is 0 Å². The molecule has 1 saturated heterocycles. The fourth-order valence-electron chi connectivity index (χ4n) is 4.46. The average Bonchev–Trinajstić information content (AvgIpc) is 3.21. The lowest BCUT2D eigenvalue weighted by Gasteiger charge is -2.33. The Balaban J connectivity index is 1.47. The first kappa shape index (κ1) is 18.7. The van der Waals surface area contributed by atoms with Crippen LogP contribution in [0.5, 0.6) is 5.75 Å². The Bertz CT molecular complexity index is 804. The summed E-state index contributed by atoms with van der Waals surface area (Å²) in [7, 11) is -0.0400. The van der Waals surface area contributed by atoms with Gasteiger partial charge in [0.15, 0.2) is 6.61 Å². The topological polar surface area (TPSA) is 35.5 Å². The van der Waals surface area contributed by atoms with Gasteiger partial charge in [0.2, 0.25) is 0 Å².